The van der Waals surface area contributed by atoms with Crippen LogP contribution in [0.2, 0.25) is 0 Å². The summed E-state index contributed by atoms with van der Waals surface area (Å²) in [7, 11) is 0. The van der Waals surface area contributed by atoms with E-state index in [9.17, 15) is 18.0 Å². The Kier molecular flexibility index (Phi) is 5.44. The highest BCUT2D eigenvalue weighted by atomic mass is 19.4. The van der Waals surface area contributed by atoms with E-state index in [1.165, 1.54) is 6.07 Å². The molecule has 154 valence electrons. The van der Waals surface area contributed by atoms with Crippen LogP contribution in [0.1, 0.15) is 22.6 Å². The topological polar surface area (TPSA) is 42.4 Å². The van der Waals surface area contributed by atoms with Gasteiger partial charge in [0.2, 0.25) is 11.8 Å². The number of rotatable bonds is 5. The molecular formula is C23H19F3N2O2. The molecule has 2 heterocycles. The van der Waals surface area contributed by atoms with Crippen LogP contribution < -0.4 is 4.74 Å². The summed E-state index contributed by atoms with van der Waals surface area (Å²) in [6.45, 7) is 0.718. The number of amides is 1. The molecule has 0 radical (unpaired) electrons. The molecule has 0 unspecified atom stereocenters. The first-order valence-corrected chi connectivity index (χ1v) is 9.50. The Bertz CT molecular complexity index is 947. The summed E-state index contributed by atoms with van der Waals surface area (Å²) in [6, 6.07) is 21.2. The van der Waals surface area contributed by atoms with Crippen molar-refractivity contribution in [2.24, 2.45) is 0 Å². The molecule has 1 aliphatic rings. The smallest absolute Gasteiger partial charge is 0.417 e. The summed E-state index contributed by atoms with van der Waals surface area (Å²) < 4.78 is 43.5. The second-order valence-electron chi connectivity index (χ2n) is 7.12. The van der Waals surface area contributed by atoms with Crippen molar-refractivity contribution in [2.75, 3.05) is 13.1 Å². The van der Waals surface area contributed by atoms with E-state index in [-0.39, 0.29) is 17.9 Å². The van der Waals surface area contributed by atoms with E-state index in [4.69, 9.17) is 4.74 Å². The number of hydrogen-bond acceptors (Lipinski definition) is 3. The average molecular weight is 412 g/mol. The van der Waals surface area contributed by atoms with Gasteiger partial charge in [0.15, 0.2) is 0 Å². The van der Waals surface area contributed by atoms with Crippen molar-refractivity contribution in [3.05, 3.63) is 95.7 Å². The molecule has 2 aromatic carbocycles. The van der Waals surface area contributed by atoms with E-state index in [1.54, 1.807) is 4.90 Å². The van der Waals surface area contributed by atoms with Crippen molar-refractivity contribution >= 4 is 5.91 Å². The van der Waals surface area contributed by atoms with E-state index in [2.05, 4.69) is 4.98 Å². The lowest BCUT2D eigenvalue weighted by atomic mass is 9.89. The lowest BCUT2D eigenvalue weighted by molar-refractivity contribution is -0.141. The number of aromatic nitrogens is 1. The Hall–Kier alpha value is -3.35. The van der Waals surface area contributed by atoms with Crippen molar-refractivity contribution in [2.45, 2.75) is 18.2 Å². The molecule has 7 heteroatoms. The number of nitrogens with zero attached hydrogens (tertiary/aromatic N) is 2. The maximum atomic E-state index is 13.2. The van der Waals surface area contributed by atoms with Crippen molar-refractivity contribution < 1.29 is 22.7 Å². The van der Waals surface area contributed by atoms with Crippen molar-refractivity contribution in [1.82, 2.24) is 9.88 Å². The first kappa shape index (κ1) is 19.9. The van der Waals surface area contributed by atoms with Gasteiger partial charge in [0.05, 0.1) is 24.6 Å². The minimum atomic E-state index is -4.44. The fourth-order valence-corrected chi connectivity index (χ4v) is 3.43. The SMILES string of the molecule is O=C(C(c1ccccc1)c1ccccc1)N1CC(Oc2ccc(C(F)(F)F)cn2)C1. The monoisotopic (exact) mass is 412 g/mol. The number of likely N-dealkylation sites (tertiary alicyclic amines) is 1. The molecule has 4 rings (SSSR count). The van der Waals surface area contributed by atoms with E-state index < -0.39 is 17.7 Å². The van der Waals surface area contributed by atoms with Crippen LogP contribution in [0, 0.1) is 0 Å². The van der Waals surface area contributed by atoms with Crippen LogP contribution in [0.15, 0.2) is 79.0 Å². The average Bonchev–Trinajstić information content (AvgIpc) is 2.72. The first-order valence-electron chi connectivity index (χ1n) is 9.50. The Morgan fingerprint density at radius 2 is 1.50 bits per heavy atom. The van der Waals surface area contributed by atoms with Crippen LogP contribution >= 0.6 is 0 Å². The maximum Gasteiger partial charge on any atom is 0.417 e. The zero-order valence-electron chi connectivity index (χ0n) is 15.9. The van der Waals surface area contributed by atoms with Gasteiger partial charge in [-0.25, -0.2) is 4.98 Å². The molecule has 0 N–H and O–H groups in total. The normalized spacial score (nSPS) is 14.5. The van der Waals surface area contributed by atoms with Gasteiger partial charge in [0, 0.05) is 12.3 Å². The van der Waals surface area contributed by atoms with Crippen molar-refractivity contribution in [3.8, 4) is 5.88 Å². The van der Waals surface area contributed by atoms with Gasteiger partial charge >= 0.3 is 6.18 Å². The minimum Gasteiger partial charge on any atom is -0.471 e. The number of alkyl halides is 3. The predicted octanol–water partition coefficient (Wildman–Crippen LogP) is 4.52. The standard InChI is InChI=1S/C23H19F3N2O2/c24-23(25,26)18-11-12-20(27-13-18)30-19-14-28(15-19)22(29)21(16-7-3-1-4-8-16)17-9-5-2-6-10-17/h1-13,19,21H,14-15H2. The summed E-state index contributed by atoms with van der Waals surface area (Å²) in [5, 5.41) is 0. The van der Waals surface area contributed by atoms with Gasteiger partial charge in [-0.05, 0) is 17.2 Å². The van der Waals surface area contributed by atoms with Crippen molar-refractivity contribution in [1.29, 1.82) is 0 Å². The van der Waals surface area contributed by atoms with E-state index >= 15 is 0 Å². The van der Waals surface area contributed by atoms with Crippen molar-refractivity contribution in [3.63, 3.8) is 0 Å². The largest absolute Gasteiger partial charge is 0.471 e. The molecule has 30 heavy (non-hydrogen) atoms. The van der Waals surface area contributed by atoms with Crippen LogP contribution in [0.3, 0.4) is 0 Å². The highest BCUT2D eigenvalue weighted by Crippen LogP contribution is 2.31. The van der Waals surface area contributed by atoms with Gasteiger partial charge in [-0.1, -0.05) is 60.7 Å². The Morgan fingerprint density at radius 1 is 0.933 bits per heavy atom. The third-order valence-corrected chi connectivity index (χ3v) is 5.02. The van der Waals surface area contributed by atoms with Gasteiger partial charge < -0.3 is 9.64 Å². The van der Waals surface area contributed by atoms with E-state index in [0.717, 1.165) is 23.4 Å². The molecule has 3 aromatic rings. The Labute approximate surface area is 171 Å². The second kappa shape index (κ2) is 8.18. The van der Waals surface area contributed by atoms with Crippen LogP contribution in [0.4, 0.5) is 13.2 Å². The van der Waals surface area contributed by atoms with Crippen LogP contribution in [-0.2, 0) is 11.0 Å². The number of pyridine rings is 1. The number of carbonyl (C=O) groups is 1. The summed E-state index contributed by atoms with van der Waals surface area (Å²) in [4.78, 5) is 18.6. The number of carbonyl (C=O) groups excluding carboxylic acids is 1. The lowest BCUT2D eigenvalue weighted by Gasteiger charge is -2.40. The van der Waals surface area contributed by atoms with E-state index in [1.807, 2.05) is 60.7 Å². The molecule has 1 aromatic heterocycles. The zero-order valence-corrected chi connectivity index (χ0v) is 15.9. The maximum absolute atomic E-state index is 13.2. The lowest BCUT2D eigenvalue weighted by Crippen LogP contribution is -2.57. The number of hydrogen-bond donors (Lipinski definition) is 0. The predicted molar refractivity (Wildman–Crippen MR) is 105 cm³/mol. The van der Waals surface area contributed by atoms with Crippen LogP contribution in [0.25, 0.3) is 0 Å². The van der Waals surface area contributed by atoms with Crippen LogP contribution in [0.5, 0.6) is 5.88 Å². The molecule has 0 bridgehead atoms. The number of ether oxygens (including phenoxy) is 1. The van der Waals surface area contributed by atoms with Gasteiger partial charge in [-0.3, -0.25) is 4.79 Å². The summed E-state index contributed by atoms with van der Waals surface area (Å²) in [6.07, 6.45) is -3.99. The molecule has 1 amide bonds. The fourth-order valence-electron chi connectivity index (χ4n) is 3.43. The number of benzene rings is 2. The molecule has 1 saturated heterocycles. The molecule has 0 saturated carbocycles. The minimum absolute atomic E-state index is 0.0346. The first-order chi connectivity index (χ1) is 14.4. The highest BCUT2D eigenvalue weighted by molar-refractivity contribution is 5.88. The molecule has 0 aliphatic carbocycles. The quantitative estimate of drug-likeness (QED) is 0.619. The fraction of sp³-hybridized carbons (Fsp3) is 0.217. The molecule has 0 atom stereocenters. The number of halogens is 3. The Balaban J connectivity index is 1.42. The zero-order chi connectivity index (χ0) is 21.1. The molecule has 0 spiro atoms. The third-order valence-electron chi connectivity index (χ3n) is 5.02. The third kappa shape index (κ3) is 4.30. The van der Waals surface area contributed by atoms with E-state index in [0.29, 0.717) is 13.1 Å². The summed E-state index contributed by atoms with van der Waals surface area (Å²) in [5.74, 6) is -0.340. The van der Waals surface area contributed by atoms with Gasteiger partial charge in [-0.2, -0.15) is 13.2 Å². The summed E-state index contributed by atoms with van der Waals surface area (Å²) >= 11 is 0. The van der Waals surface area contributed by atoms with Gasteiger partial charge in [-0.15, -0.1) is 0 Å². The summed E-state index contributed by atoms with van der Waals surface area (Å²) in [5.41, 5.74) is 0.985. The molecule has 4 nitrogen and oxygen atoms in total. The Morgan fingerprint density at radius 3 is 1.97 bits per heavy atom. The van der Waals surface area contributed by atoms with Crippen LogP contribution in [-0.4, -0.2) is 35.0 Å². The molecule has 1 fully saturated rings. The van der Waals surface area contributed by atoms with Gasteiger partial charge in [0.25, 0.3) is 0 Å². The van der Waals surface area contributed by atoms with Gasteiger partial charge in [0.1, 0.15) is 6.10 Å². The highest BCUT2D eigenvalue weighted by Gasteiger charge is 2.37. The molecule has 1 aliphatic heterocycles. The second-order valence-corrected chi connectivity index (χ2v) is 7.12. The molecular weight excluding hydrogens is 393 g/mol.